The van der Waals surface area contributed by atoms with Crippen LogP contribution in [0.1, 0.15) is 16.8 Å². The summed E-state index contributed by atoms with van der Waals surface area (Å²) >= 11 is 0. The summed E-state index contributed by atoms with van der Waals surface area (Å²) in [5, 5.41) is 19.4. The van der Waals surface area contributed by atoms with Crippen molar-refractivity contribution >= 4 is 17.3 Å². The average molecular weight is 253 g/mol. The Hall–Kier alpha value is -2.15. The predicted octanol–water partition coefficient (Wildman–Crippen LogP) is 0.631. The number of nitro groups is 1. The molecule has 7 nitrogen and oxygen atoms in total. The van der Waals surface area contributed by atoms with Crippen molar-refractivity contribution in [3.63, 3.8) is 0 Å². The molecule has 0 saturated carbocycles. The first-order valence-electron chi connectivity index (χ1n) is 5.38. The Balaban J connectivity index is 2.99. The Bertz CT molecular complexity index is 462. The molecule has 0 aliphatic rings. The minimum atomic E-state index is -0.625. The number of amides is 1. The maximum atomic E-state index is 12.0. The third kappa shape index (κ3) is 2.95. The van der Waals surface area contributed by atoms with Gasteiger partial charge < -0.3 is 15.7 Å². The fourth-order valence-corrected chi connectivity index (χ4v) is 1.51. The number of nitrogens with zero attached hydrogens (tertiary/aromatic N) is 2. The van der Waals surface area contributed by atoms with Gasteiger partial charge in [-0.05, 0) is 12.5 Å². The molecule has 0 aliphatic carbocycles. The van der Waals surface area contributed by atoms with Crippen LogP contribution in [0.2, 0.25) is 0 Å². The number of hydrogen-bond acceptors (Lipinski definition) is 5. The van der Waals surface area contributed by atoms with Gasteiger partial charge in [0.25, 0.3) is 11.6 Å². The molecule has 0 aromatic heterocycles. The Labute approximate surface area is 104 Å². The summed E-state index contributed by atoms with van der Waals surface area (Å²) in [7, 11) is 1.55. The molecule has 98 valence electrons. The molecule has 1 amide bonds. The van der Waals surface area contributed by atoms with Gasteiger partial charge in [-0.1, -0.05) is 6.07 Å². The molecule has 1 aromatic rings. The molecular formula is C11H15N3O4. The van der Waals surface area contributed by atoms with Gasteiger partial charge in [0, 0.05) is 26.3 Å². The Morgan fingerprint density at radius 3 is 2.78 bits per heavy atom. The van der Waals surface area contributed by atoms with Crippen LogP contribution in [0.4, 0.5) is 11.4 Å². The SMILES string of the molecule is CN(CCCO)C(=O)c1cccc([N+](=O)[O-])c1N. The summed E-state index contributed by atoms with van der Waals surface area (Å²) in [6.07, 6.45) is 0.442. The number of rotatable bonds is 5. The fourth-order valence-electron chi connectivity index (χ4n) is 1.51. The van der Waals surface area contributed by atoms with Crippen LogP contribution in [0, 0.1) is 10.1 Å². The normalized spacial score (nSPS) is 10.1. The second-order valence-corrected chi connectivity index (χ2v) is 3.80. The Morgan fingerprint density at radius 1 is 1.56 bits per heavy atom. The van der Waals surface area contributed by atoms with E-state index in [0.717, 1.165) is 0 Å². The number of aliphatic hydroxyl groups excluding tert-OH is 1. The van der Waals surface area contributed by atoms with Gasteiger partial charge in [0.05, 0.1) is 10.5 Å². The van der Waals surface area contributed by atoms with E-state index in [1.165, 1.54) is 23.1 Å². The molecule has 0 radical (unpaired) electrons. The van der Waals surface area contributed by atoms with Crippen LogP contribution in [0.25, 0.3) is 0 Å². The van der Waals surface area contributed by atoms with Crippen LogP contribution >= 0.6 is 0 Å². The van der Waals surface area contributed by atoms with E-state index in [-0.39, 0.29) is 23.5 Å². The highest BCUT2D eigenvalue weighted by atomic mass is 16.6. The zero-order valence-electron chi connectivity index (χ0n) is 10.00. The quantitative estimate of drug-likeness (QED) is 0.454. The minimum absolute atomic E-state index is 0.0258. The number of anilines is 1. The molecule has 0 atom stereocenters. The monoisotopic (exact) mass is 253 g/mol. The summed E-state index contributed by atoms with van der Waals surface area (Å²) in [5.41, 5.74) is 5.30. The van der Waals surface area contributed by atoms with Crippen LogP contribution in [0.3, 0.4) is 0 Å². The Morgan fingerprint density at radius 2 is 2.22 bits per heavy atom. The van der Waals surface area contributed by atoms with Gasteiger partial charge in [0.15, 0.2) is 0 Å². The van der Waals surface area contributed by atoms with E-state index in [4.69, 9.17) is 10.8 Å². The van der Waals surface area contributed by atoms with E-state index < -0.39 is 10.8 Å². The summed E-state index contributed by atoms with van der Waals surface area (Å²) < 4.78 is 0. The standard InChI is InChI=1S/C11H15N3O4/c1-13(6-3-7-15)11(16)8-4-2-5-9(10(8)12)14(17)18/h2,4-5,15H,3,6-7,12H2,1H3. The van der Waals surface area contributed by atoms with E-state index in [2.05, 4.69) is 0 Å². The molecule has 0 saturated heterocycles. The molecule has 0 spiro atoms. The number of aliphatic hydroxyl groups is 1. The maximum absolute atomic E-state index is 12.0. The van der Waals surface area contributed by atoms with Gasteiger partial charge in [-0.15, -0.1) is 0 Å². The zero-order chi connectivity index (χ0) is 13.7. The lowest BCUT2D eigenvalue weighted by molar-refractivity contribution is -0.383. The van der Waals surface area contributed by atoms with Crippen LogP contribution in [0.15, 0.2) is 18.2 Å². The lowest BCUT2D eigenvalue weighted by Crippen LogP contribution is -2.29. The van der Waals surface area contributed by atoms with Crippen LogP contribution in [-0.2, 0) is 0 Å². The van der Waals surface area contributed by atoms with E-state index in [0.29, 0.717) is 13.0 Å². The number of carbonyl (C=O) groups excluding carboxylic acids is 1. The summed E-state index contributed by atoms with van der Waals surface area (Å²) in [6, 6.07) is 4.11. The van der Waals surface area contributed by atoms with E-state index in [1.807, 2.05) is 0 Å². The van der Waals surface area contributed by atoms with Crippen molar-refractivity contribution in [3.8, 4) is 0 Å². The highest BCUT2D eigenvalue weighted by Crippen LogP contribution is 2.25. The van der Waals surface area contributed by atoms with E-state index >= 15 is 0 Å². The summed E-state index contributed by atoms with van der Waals surface area (Å²) in [4.78, 5) is 23.4. The van der Waals surface area contributed by atoms with Crippen molar-refractivity contribution < 1.29 is 14.8 Å². The molecule has 0 fully saturated rings. The molecule has 0 heterocycles. The predicted molar refractivity (Wildman–Crippen MR) is 66.2 cm³/mol. The number of nitro benzene ring substituents is 1. The first kappa shape index (κ1) is 13.9. The van der Waals surface area contributed by atoms with Crippen LogP contribution < -0.4 is 5.73 Å². The number of nitrogens with two attached hydrogens (primary N) is 1. The number of benzene rings is 1. The third-order valence-electron chi connectivity index (χ3n) is 2.51. The first-order valence-corrected chi connectivity index (χ1v) is 5.38. The van der Waals surface area contributed by atoms with Crippen molar-refractivity contribution in [2.75, 3.05) is 25.9 Å². The van der Waals surface area contributed by atoms with Gasteiger partial charge in [0.1, 0.15) is 5.69 Å². The molecule has 18 heavy (non-hydrogen) atoms. The minimum Gasteiger partial charge on any atom is -0.396 e. The second-order valence-electron chi connectivity index (χ2n) is 3.80. The Kier molecular flexibility index (Phi) is 4.61. The molecule has 7 heteroatoms. The van der Waals surface area contributed by atoms with E-state index in [9.17, 15) is 14.9 Å². The van der Waals surface area contributed by atoms with Crippen molar-refractivity contribution in [3.05, 3.63) is 33.9 Å². The first-order chi connectivity index (χ1) is 8.49. The number of hydrogen-bond donors (Lipinski definition) is 2. The molecule has 1 rings (SSSR count). The number of para-hydroxylation sites is 1. The third-order valence-corrected chi connectivity index (χ3v) is 2.51. The largest absolute Gasteiger partial charge is 0.396 e. The molecule has 1 aromatic carbocycles. The summed E-state index contributed by atoms with van der Waals surface area (Å²) in [6.45, 7) is 0.333. The van der Waals surface area contributed by atoms with Gasteiger partial charge in [-0.25, -0.2) is 0 Å². The summed E-state index contributed by atoms with van der Waals surface area (Å²) in [5.74, 6) is -0.398. The molecule has 0 bridgehead atoms. The van der Waals surface area contributed by atoms with Crippen LogP contribution in [0.5, 0.6) is 0 Å². The lowest BCUT2D eigenvalue weighted by Gasteiger charge is -2.17. The van der Waals surface area contributed by atoms with Crippen molar-refractivity contribution in [1.29, 1.82) is 0 Å². The van der Waals surface area contributed by atoms with Gasteiger partial charge in [-0.2, -0.15) is 0 Å². The van der Waals surface area contributed by atoms with Gasteiger partial charge in [0.2, 0.25) is 0 Å². The zero-order valence-corrected chi connectivity index (χ0v) is 10.00. The molecule has 3 N–H and O–H groups in total. The van der Waals surface area contributed by atoms with Gasteiger partial charge in [-0.3, -0.25) is 14.9 Å². The fraction of sp³-hybridized carbons (Fsp3) is 0.364. The highest BCUT2D eigenvalue weighted by Gasteiger charge is 2.20. The number of nitrogen functional groups attached to an aromatic ring is 1. The van der Waals surface area contributed by atoms with Gasteiger partial charge >= 0.3 is 0 Å². The van der Waals surface area contributed by atoms with Crippen LogP contribution in [-0.4, -0.2) is 41.0 Å². The average Bonchev–Trinajstić information content (AvgIpc) is 2.35. The lowest BCUT2D eigenvalue weighted by atomic mass is 10.1. The topological polar surface area (TPSA) is 110 Å². The second kappa shape index (κ2) is 5.97. The van der Waals surface area contributed by atoms with Crippen molar-refractivity contribution in [2.45, 2.75) is 6.42 Å². The molecule has 0 unspecified atom stereocenters. The van der Waals surface area contributed by atoms with E-state index in [1.54, 1.807) is 7.05 Å². The smallest absolute Gasteiger partial charge is 0.292 e. The maximum Gasteiger partial charge on any atom is 0.292 e. The molecular weight excluding hydrogens is 238 g/mol. The van der Waals surface area contributed by atoms with Crippen molar-refractivity contribution in [1.82, 2.24) is 4.90 Å². The highest BCUT2D eigenvalue weighted by molar-refractivity contribution is 6.00. The molecule has 0 aliphatic heterocycles. The van der Waals surface area contributed by atoms with Crippen molar-refractivity contribution in [2.24, 2.45) is 0 Å². The number of carbonyl (C=O) groups is 1.